The Morgan fingerprint density at radius 2 is 0.903 bits per heavy atom. The molecule has 1 aliphatic heterocycles. The summed E-state index contributed by atoms with van der Waals surface area (Å²) < 4.78 is 11.3. The Balaban J connectivity index is 1.81. The number of ether oxygens (including phenoxy) is 1. The predicted octanol–water partition coefficient (Wildman–Crippen LogP) is 5.52. The summed E-state index contributed by atoms with van der Waals surface area (Å²) in [5.74, 6) is 0.885. The minimum absolute atomic E-state index is 0.885. The van der Waals surface area contributed by atoms with Gasteiger partial charge < -0.3 is 0 Å². The molecule has 4 aromatic rings. The molecule has 0 saturated heterocycles. The number of allylic oxidation sites excluding steroid dienone is 2. The van der Waals surface area contributed by atoms with Gasteiger partial charge in [-0.15, -0.1) is 0 Å². The molecule has 1 aliphatic rings. The van der Waals surface area contributed by atoms with Gasteiger partial charge in [0.2, 0.25) is 0 Å². The molecule has 0 spiro atoms. The molecule has 0 radical (unpaired) electrons. The number of methoxy groups -OCH3 is 1. The molecule has 0 N–H and O–H groups in total. The van der Waals surface area contributed by atoms with Crippen LogP contribution < -0.4 is 13.5 Å². The van der Waals surface area contributed by atoms with E-state index in [0.717, 1.165) is 5.75 Å². The molecular weight excluding hydrogens is 437 g/mol. The van der Waals surface area contributed by atoms with Crippen LogP contribution >= 0.6 is 0 Å². The summed E-state index contributed by atoms with van der Waals surface area (Å²) in [7, 11) is 1.72. The summed E-state index contributed by atoms with van der Waals surface area (Å²) in [6.45, 7) is 0. The van der Waals surface area contributed by atoms with E-state index >= 15 is 0 Å². The first-order valence-electron chi connectivity index (χ1n) is 10.6. The predicted molar refractivity (Wildman–Crippen MR) is 133 cm³/mol. The molecule has 5 rings (SSSR count). The molecule has 31 heavy (non-hydrogen) atoms. The van der Waals surface area contributed by atoms with Gasteiger partial charge in [0.1, 0.15) is 0 Å². The fraction of sp³-hybridized carbons (Fsp3) is 0.0345. The van der Waals surface area contributed by atoms with Crippen molar-refractivity contribution >= 4 is 30.9 Å². The first kappa shape index (κ1) is 19.7. The Morgan fingerprint density at radius 3 is 1.35 bits per heavy atom. The van der Waals surface area contributed by atoms with E-state index in [-0.39, 0.29) is 0 Å². The van der Waals surface area contributed by atoms with Gasteiger partial charge in [-0.3, -0.25) is 0 Å². The van der Waals surface area contributed by atoms with Gasteiger partial charge in [-0.25, -0.2) is 0 Å². The monoisotopic (exact) mass is 462 g/mol. The van der Waals surface area contributed by atoms with Crippen LogP contribution in [0.5, 0.6) is 5.75 Å². The van der Waals surface area contributed by atoms with Crippen LogP contribution in [0.2, 0.25) is 0 Å². The maximum atomic E-state index is 5.43. The average molecular weight is 461 g/mol. The van der Waals surface area contributed by atoms with Crippen molar-refractivity contribution in [3.8, 4) is 5.75 Å². The molecule has 0 unspecified atom stereocenters. The van der Waals surface area contributed by atoms with Crippen LogP contribution in [-0.2, 0) is 0 Å². The standard InChI is InChI=1S/C29H24GeO/c1-31-27-19-17-24(18-20-27)29-22-21-28(23-11-5-2-6-12-23)30(29,25-13-7-3-8-14-25)26-15-9-4-10-16-26/h2-22H,1H3. The van der Waals surface area contributed by atoms with Crippen LogP contribution in [0, 0.1) is 0 Å². The molecule has 0 bridgehead atoms. The Morgan fingerprint density at radius 1 is 0.484 bits per heavy atom. The van der Waals surface area contributed by atoms with Crippen LogP contribution in [-0.4, -0.2) is 20.4 Å². The Hall–Kier alpha value is -3.30. The molecule has 0 atom stereocenters. The summed E-state index contributed by atoms with van der Waals surface area (Å²) in [5.41, 5.74) is 2.59. The molecule has 0 amide bonds. The molecule has 150 valence electrons. The normalized spacial score (nSPS) is 14.6. The topological polar surface area (TPSA) is 9.23 Å². The zero-order chi connectivity index (χ0) is 21.1. The number of rotatable bonds is 5. The zero-order valence-corrected chi connectivity index (χ0v) is 19.6. The summed E-state index contributed by atoms with van der Waals surface area (Å²) in [4.78, 5) is 0. The van der Waals surface area contributed by atoms with Crippen molar-refractivity contribution in [3.63, 3.8) is 0 Å². The summed E-state index contributed by atoms with van der Waals surface area (Å²) in [5, 5.41) is 0. The third kappa shape index (κ3) is 3.35. The van der Waals surface area contributed by atoms with E-state index in [1.807, 2.05) is 0 Å². The SMILES string of the molecule is COc1ccc([C]2=CC=[C](c3ccccc3)[Ge]2([c]2ccccc2)[c]2ccccc2)cc1. The Labute approximate surface area is 186 Å². The Kier molecular flexibility index (Phi) is 5.35. The van der Waals surface area contributed by atoms with Crippen molar-refractivity contribution in [1.29, 1.82) is 0 Å². The fourth-order valence-electron chi connectivity index (χ4n) is 4.74. The van der Waals surface area contributed by atoms with Crippen LogP contribution in [0.3, 0.4) is 0 Å². The number of benzene rings is 4. The van der Waals surface area contributed by atoms with Crippen LogP contribution in [0.15, 0.2) is 127 Å². The van der Waals surface area contributed by atoms with Crippen molar-refractivity contribution in [3.05, 3.63) is 139 Å². The van der Waals surface area contributed by atoms with E-state index in [4.69, 9.17) is 4.74 Å². The molecule has 0 saturated carbocycles. The first-order chi connectivity index (χ1) is 15.3. The Bertz CT molecular complexity index is 1180. The summed E-state index contributed by atoms with van der Waals surface area (Å²) >= 11 is -3.19. The van der Waals surface area contributed by atoms with Crippen LogP contribution in [0.1, 0.15) is 11.1 Å². The third-order valence-corrected chi connectivity index (χ3v) is 16.5. The minimum atomic E-state index is -3.19. The maximum absolute atomic E-state index is 5.43. The van der Waals surface area contributed by atoms with Gasteiger partial charge in [-0.05, 0) is 0 Å². The molecule has 4 aromatic carbocycles. The molecule has 0 fully saturated rings. The van der Waals surface area contributed by atoms with Crippen molar-refractivity contribution < 1.29 is 4.74 Å². The molecule has 1 heterocycles. The van der Waals surface area contributed by atoms with Gasteiger partial charge in [0.25, 0.3) is 0 Å². The van der Waals surface area contributed by atoms with E-state index in [0.29, 0.717) is 0 Å². The van der Waals surface area contributed by atoms with Gasteiger partial charge in [0.15, 0.2) is 0 Å². The van der Waals surface area contributed by atoms with E-state index < -0.39 is 13.3 Å². The van der Waals surface area contributed by atoms with Gasteiger partial charge in [-0.1, -0.05) is 0 Å². The molecule has 1 nitrogen and oxygen atoms in total. The third-order valence-electron chi connectivity index (χ3n) is 6.12. The van der Waals surface area contributed by atoms with Gasteiger partial charge >= 0.3 is 187 Å². The van der Waals surface area contributed by atoms with Crippen molar-refractivity contribution in [2.45, 2.75) is 0 Å². The molecule has 0 aliphatic carbocycles. The second kappa shape index (κ2) is 8.45. The summed E-state index contributed by atoms with van der Waals surface area (Å²) in [6.07, 6.45) is 4.74. The fourth-order valence-corrected chi connectivity index (χ4v) is 15.5. The van der Waals surface area contributed by atoms with Crippen molar-refractivity contribution in [2.24, 2.45) is 0 Å². The quantitative estimate of drug-likeness (QED) is 0.356. The van der Waals surface area contributed by atoms with Crippen LogP contribution in [0.4, 0.5) is 0 Å². The molecule has 0 aromatic heterocycles. The second-order valence-corrected chi connectivity index (χ2v) is 15.6. The van der Waals surface area contributed by atoms with E-state index in [1.54, 1.807) is 7.11 Å². The van der Waals surface area contributed by atoms with Crippen LogP contribution in [0.25, 0.3) is 8.81 Å². The van der Waals surface area contributed by atoms with E-state index in [1.165, 1.54) is 28.7 Å². The first-order valence-corrected chi connectivity index (χ1v) is 14.8. The van der Waals surface area contributed by atoms with Gasteiger partial charge in [0, 0.05) is 0 Å². The summed E-state index contributed by atoms with van der Waals surface area (Å²) in [6, 6.07) is 41.7. The van der Waals surface area contributed by atoms with Crippen molar-refractivity contribution in [2.75, 3.05) is 7.11 Å². The second-order valence-electron chi connectivity index (χ2n) is 7.74. The van der Waals surface area contributed by atoms with Gasteiger partial charge in [0.05, 0.1) is 0 Å². The van der Waals surface area contributed by atoms with E-state index in [2.05, 4.69) is 127 Å². The molecular formula is C29H24GeO. The van der Waals surface area contributed by atoms with E-state index in [9.17, 15) is 0 Å². The number of hydrogen-bond acceptors (Lipinski definition) is 1. The van der Waals surface area contributed by atoms with Gasteiger partial charge in [-0.2, -0.15) is 0 Å². The number of hydrogen-bond donors (Lipinski definition) is 0. The molecule has 2 heteroatoms. The zero-order valence-electron chi connectivity index (χ0n) is 17.5. The average Bonchev–Trinajstić information content (AvgIpc) is 3.27. The van der Waals surface area contributed by atoms with Crippen molar-refractivity contribution in [1.82, 2.24) is 0 Å².